The van der Waals surface area contributed by atoms with E-state index in [0.29, 0.717) is 0 Å². The van der Waals surface area contributed by atoms with Crippen molar-refractivity contribution in [2.75, 3.05) is 13.6 Å². The van der Waals surface area contributed by atoms with Gasteiger partial charge in [-0.1, -0.05) is 24.3 Å². The molecule has 1 heterocycles. The molecule has 0 aromatic heterocycles. The molecule has 0 bridgehead atoms. The highest BCUT2D eigenvalue weighted by Crippen LogP contribution is 2.39. The van der Waals surface area contributed by atoms with Crippen molar-refractivity contribution in [2.24, 2.45) is 0 Å². The monoisotopic (exact) mass is 210 g/mol. The average molecular weight is 210 g/mol. The second-order valence-electron chi connectivity index (χ2n) is 4.60. The van der Waals surface area contributed by atoms with E-state index in [4.69, 9.17) is 0 Å². The Labute approximate surface area is 95.8 Å². The Hall–Kier alpha value is -1.59. The number of hydrogen-bond donors (Lipinski definition) is 0. The molecule has 0 amide bonds. The fraction of sp³-hybridized carbons (Fsp3) is 0.357. The fourth-order valence-electron chi connectivity index (χ4n) is 2.87. The number of likely N-dealkylation sites (N-methyl/N-ethyl adjacent to an activating group) is 1. The number of fused-ring (bicyclic) bond motifs is 2. The first kappa shape index (κ1) is 9.62. The summed E-state index contributed by atoms with van der Waals surface area (Å²) in [6.07, 6.45) is 2.05. The van der Waals surface area contributed by atoms with Crippen LogP contribution in [0.15, 0.2) is 29.8 Å². The van der Waals surface area contributed by atoms with Crippen LogP contribution in [0.1, 0.15) is 17.5 Å². The molecule has 0 saturated heterocycles. The summed E-state index contributed by atoms with van der Waals surface area (Å²) in [5.41, 5.74) is 5.53. The number of rotatable bonds is 0. The van der Waals surface area contributed by atoms with Crippen LogP contribution in [0.3, 0.4) is 0 Å². The third-order valence-corrected chi connectivity index (χ3v) is 3.72. The standard InChI is InChI=1S/C14H14N2/c1-16-7-6-12-11-5-3-2-4-10(11)8-13(12)14(16)9-15/h2-5,14H,6-8H2,1H3/t14-/m1/s1. The SMILES string of the molecule is CN1CCC2=C(Cc3ccccc32)[C@H]1C#N. The Bertz CT molecular complexity index is 508. The molecule has 3 rings (SSSR count). The Morgan fingerprint density at radius 2 is 2.19 bits per heavy atom. The van der Waals surface area contributed by atoms with Crippen molar-refractivity contribution in [1.82, 2.24) is 4.90 Å². The van der Waals surface area contributed by atoms with Crippen LogP contribution in [0.4, 0.5) is 0 Å². The van der Waals surface area contributed by atoms with Crippen molar-refractivity contribution in [3.05, 3.63) is 41.0 Å². The van der Waals surface area contributed by atoms with E-state index < -0.39 is 0 Å². The van der Waals surface area contributed by atoms with Gasteiger partial charge in [0.25, 0.3) is 0 Å². The summed E-state index contributed by atoms with van der Waals surface area (Å²) in [4.78, 5) is 2.16. The quantitative estimate of drug-likeness (QED) is 0.656. The highest BCUT2D eigenvalue weighted by molar-refractivity contribution is 5.78. The van der Waals surface area contributed by atoms with Gasteiger partial charge in [-0.3, -0.25) is 4.90 Å². The van der Waals surface area contributed by atoms with Crippen LogP contribution in [-0.4, -0.2) is 24.5 Å². The van der Waals surface area contributed by atoms with Crippen molar-refractivity contribution in [3.8, 4) is 6.07 Å². The van der Waals surface area contributed by atoms with Crippen LogP contribution < -0.4 is 0 Å². The van der Waals surface area contributed by atoms with Crippen molar-refractivity contribution >= 4 is 5.57 Å². The number of nitrogens with zero attached hydrogens (tertiary/aromatic N) is 2. The van der Waals surface area contributed by atoms with Gasteiger partial charge in [0.05, 0.1) is 6.07 Å². The molecule has 80 valence electrons. The molecule has 0 spiro atoms. The van der Waals surface area contributed by atoms with E-state index in [1.807, 2.05) is 7.05 Å². The van der Waals surface area contributed by atoms with E-state index in [1.54, 1.807) is 0 Å². The second-order valence-corrected chi connectivity index (χ2v) is 4.60. The lowest BCUT2D eigenvalue weighted by Crippen LogP contribution is -2.36. The predicted molar refractivity (Wildman–Crippen MR) is 63.7 cm³/mol. The van der Waals surface area contributed by atoms with Crippen LogP contribution >= 0.6 is 0 Å². The number of hydrogen-bond acceptors (Lipinski definition) is 2. The lowest BCUT2D eigenvalue weighted by atomic mass is 9.94. The van der Waals surface area contributed by atoms with Gasteiger partial charge in [0.2, 0.25) is 0 Å². The minimum absolute atomic E-state index is 0.0175. The maximum Gasteiger partial charge on any atom is 0.120 e. The molecule has 2 heteroatoms. The normalized spacial score (nSPS) is 23.9. The summed E-state index contributed by atoms with van der Waals surface area (Å²) in [6.45, 7) is 0.991. The van der Waals surface area contributed by atoms with Crippen molar-refractivity contribution in [3.63, 3.8) is 0 Å². The van der Waals surface area contributed by atoms with Gasteiger partial charge in [0.1, 0.15) is 6.04 Å². The van der Waals surface area contributed by atoms with Crippen LogP contribution in [0, 0.1) is 11.3 Å². The molecule has 0 N–H and O–H groups in total. The first-order valence-corrected chi connectivity index (χ1v) is 5.71. The summed E-state index contributed by atoms with van der Waals surface area (Å²) < 4.78 is 0. The molecule has 16 heavy (non-hydrogen) atoms. The summed E-state index contributed by atoms with van der Waals surface area (Å²) in [5.74, 6) is 0. The summed E-state index contributed by atoms with van der Waals surface area (Å²) in [7, 11) is 2.04. The predicted octanol–water partition coefficient (Wildman–Crippen LogP) is 2.22. The van der Waals surface area contributed by atoms with Crippen LogP contribution in [0.2, 0.25) is 0 Å². The first-order valence-electron chi connectivity index (χ1n) is 5.71. The minimum Gasteiger partial charge on any atom is -0.287 e. The van der Waals surface area contributed by atoms with Gasteiger partial charge in [0.15, 0.2) is 0 Å². The zero-order valence-electron chi connectivity index (χ0n) is 9.40. The van der Waals surface area contributed by atoms with E-state index in [-0.39, 0.29) is 6.04 Å². The third kappa shape index (κ3) is 1.22. The summed E-state index contributed by atoms with van der Waals surface area (Å²) >= 11 is 0. The molecular formula is C14H14N2. The highest BCUT2D eigenvalue weighted by Gasteiger charge is 2.32. The molecule has 0 fully saturated rings. The zero-order chi connectivity index (χ0) is 11.1. The van der Waals surface area contributed by atoms with Crippen LogP contribution in [0.25, 0.3) is 5.57 Å². The van der Waals surface area contributed by atoms with Gasteiger partial charge in [-0.15, -0.1) is 0 Å². The molecule has 0 saturated carbocycles. The Morgan fingerprint density at radius 1 is 1.38 bits per heavy atom. The molecule has 1 aromatic carbocycles. The molecule has 1 aliphatic carbocycles. The van der Waals surface area contributed by atoms with E-state index in [9.17, 15) is 5.26 Å². The summed E-state index contributed by atoms with van der Waals surface area (Å²) in [6, 6.07) is 11.0. The Balaban J connectivity index is 2.10. The zero-order valence-corrected chi connectivity index (χ0v) is 9.40. The van der Waals surface area contributed by atoms with Gasteiger partial charge in [-0.05, 0) is 42.2 Å². The molecule has 0 radical (unpaired) electrons. The average Bonchev–Trinajstić information content (AvgIpc) is 2.67. The number of nitriles is 1. The Kier molecular flexibility index (Phi) is 2.08. The van der Waals surface area contributed by atoms with Gasteiger partial charge in [-0.2, -0.15) is 5.26 Å². The lowest BCUT2D eigenvalue weighted by Gasteiger charge is -2.29. The van der Waals surface area contributed by atoms with E-state index in [1.165, 1.54) is 22.3 Å². The van der Waals surface area contributed by atoms with Crippen molar-refractivity contribution < 1.29 is 0 Å². The maximum atomic E-state index is 9.26. The Morgan fingerprint density at radius 3 is 3.00 bits per heavy atom. The topological polar surface area (TPSA) is 27.0 Å². The molecule has 2 aliphatic rings. The van der Waals surface area contributed by atoms with E-state index in [0.717, 1.165) is 19.4 Å². The summed E-state index contributed by atoms with van der Waals surface area (Å²) in [5, 5.41) is 9.26. The molecular weight excluding hydrogens is 196 g/mol. The van der Waals surface area contributed by atoms with Gasteiger partial charge < -0.3 is 0 Å². The minimum atomic E-state index is -0.0175. The molecule has 1 aromatic rings. The van der Waals surface area contributed by atoms with Gasteiger partial charge in [-0.25, -0.2) is 0 Å². The lowest BCUT2D eigenvalue weighted by molar-refractivity contribution is 0.309. The largest absolute Gasteiger partial charge is 0.287 e. The molecule has 1 atom stereocenters. The molecule has 2 nitrogen and oxygen atoms in total. The second kappa shape index (κ2) is 3.47. The highest BCUT2D eigenvalue weighted by atomic mass is 15.1. The van der Waals surface area contributed by atoms with Crippen molar-refractivity contribution in [2.45, 2.75) is 18.9 Å². The van der Waals surface area contributed by atoms with Gasteiger partial charge >= 0.3 is 0 Å². The van der Waals surface area contributed by atoms with E-state index in [2.05, 4.69) is 35.2 Å². The van der Waals surface area contributed by atoms with E-state index >= 15 is 0 Å². The van der Waals surface area contributed by atoms with Crippen LogP contribution in [-0.2, 0) is 6.42 Å². The molecule has 0 unspecified atom stereocenters. The third-order valence-electron chi connectivity index (χ3n) is 3.72. The number of benzene rings is 1. The first-order chi connectivity index (χ1) is 7.81. The molecule has 1 aliphatic heterocycles. The smallest absolute Gasteiger partial charge is 0.120 e. The fourth-order valence-corrected chi connectivity index (χ4v) is 2.87. The van der Waals surface area contributed by atoms with Crippen LogP contribution in [0.5, 0.6) is 0 Å². The van der Waals surface area contributed by atoms with Gasteiger partial charge in [0, 0.05) is 6.54 Å². The van der Waals surface area contributed by atoms with Crippen molar-refractivity contribution in [1.29, 1.82) is 5.26 Å². The maximum absolute atomic E-state index is 9.26.